The molecule has 0 bridgehead atoms. The van der Waals surface area contributed by atoms with E-state index in [9.17, 15) is 4.79 Å². The van der Waals surface area contributed by atoms with Gasteiger partial charge >= 0.3 is 5.97 Å². The summed E-state index contributed by atoms with van der Waals surface area (Å²) in [5.74, 6) is -0.349. The Labute approximate surface area is 112 Å². The van der Waals surface area contributed by atoms with Crippen LogP contribution >= 0.6 is 11.6 Å². The van der Waals surface area contributed by atoms with Crippen LogP contribution in [0.3, 0.4) is 0 Å². The van der Waals surface area contributed by atoms with Crippen LogP contribution in [0.1, 0.15) is 6.42 Å². The number of esters is 1. The largest absolute Gasteiger partial charge is 0.469 e. The predicted octanol–water partition coefficient (Wildman–Crippen LogP) is 1.67. The average molecular weight is 269 g/mol. The van der Waals surface area contributed by atoms with E-state index in [1.165, 1.54) is 7.11 Å². The van der Waals surface area contributed by atoms with Gasteiger partial charge in [-0.15, -0.1) is 0 Å². The predicted molar refractivity (Wildman–Crippen MR) is 71.8 cm³/mol. The zero-order valence-corrected chi connectivity index (χ0v) is 11.1. The van der Waals surface area contributed by atoms with Gasteiger partial charge in [-0.2, -0.15) is 0 Å². The Hall–Kier alpha value is -1.26. The molecule has 1 aromatic carbocycles. The molecule has 2 unspecified atom stereocenters. The highest BCUT2D eigenvalue weighted by atomic mass is 35.5. The van der Waals surface area contributed by atoms with Gasteiger partial charge in [0.25, 0.3) is 0 Å². The van der Waals surface area contributed by atoms with Crippen molar-refractivity contribution in [3.63, 3.8) is 0 Å². The number of hydrogen-bond acceptors (Lipinski definition) is 4. The second-order valence-electron chi connectivity index (χ2n) is 4.60. The number of hydrogen-bond donors (Lipinski definition) is 1. The molecule has 0 saturated carbocycles. The van der Waals surface area contributed by atoms with Gasteiger partial charge in [-0.3, -0.25) is 4.79 Å². The van der Waals surface area contributed by atoms with Crippen LogP contribution in [0.4, 0.5) is 5.69 Å². The molecule has 0 aliphatic carbocycles. The van der Waals surface area contributed by atoms with E-state index in [0.29, 0.717) is 18.0 Å². The summed E-state index contributed by atoms with van der Waals surface area (Å²) >= 11 is 5.86. The first-order valence-corrected chi connectivity index (χ1v) is 6.32. The number of rotatable bonds is 2. The third-order valence-electron chi connectivity index (χ3n) is 3.21. The van der Waals surface area contributed by atoms with Crippen molar-refractivity contribution in [1.29, 1.82) is 0 Å². The summed E-state index contributed by atoms with van der Waals surface area (Å²) in [6, 6.07) is 7.54. The van der Waals surface area contributed by atoms with Crippen molar-refractivity contribution in [1.82, 2.24) is 0 Å². The van der Waals surface area contributed by atoms with E-state index in [1.807, 2.05) is 24.3 Å². The zero-order chi connectivity index (χ0) is 13.1. The second kappa shape index (κ2) is 5.59. The van der Waals surface area contributed by atoms with Crippen molar-refractivity contribution in [2.75, 3.05) is 25.1 Å². The van der Waals surface area contributed by atoms with Crippen LogP contribution in [0.2, 0.25) is 5.02 Å². The van der Waals surface area contributed by atoms with Crippen molar-refractivity contribution in [3.05, 3.63) is 29.3 Å². The Morgan fingerprint density at radius 3 is 2.67 bits per heavy atom. The Kier molecular flexibility index (Phi) is 4.09. The molecule has 1 aliphatic rings. The van der Waals surface area contributed by atoms with Crippen LogP contribution in [0, 0.1) is 5.92 Å². The van der Waals surface area contributed by atoms with Crippen molar-refractivity contribution in [2.45, 2.75) is 12.5 Å². The van der Waals surface area contributed by atoms with Gasteiger partial charge in [0.05, 0.1) is 13.0 Å². The smallest absolute Gasteiger partial charge is 0.310 e. The van der Waals surface area contributed by atoms with E-state index < -0.39 is 0 Å². The van der Waals surface area contributed by atoms with Crippen LogP contribution in [-0.4, -0.2) is 32.2 Å². The second-order valence-corrected chi connectivity index (χ2v) is 5.03. The number of piperidine rings is 1. The van der Waals surface area contributed by atoms with Crippen LogP contribution in [-0.2, 0) is 9.53 Å². The van der Waals surface area contributed by atoms with Crippen LogP contribution in [0.25, 0.3) is 0 Å². The number of benzene rings is 1. The van der Waals surface area contributed by atoms with E-state index in [2.05, 4.69) is 4.90 Å². The Morgan fingerprint density at radius 2 is 2.06 bits per heavy atom. The summed E-state index contributed by atoms with van der Waals surface area (Å²) in [4.78, 5) is 13.7. The van der Waals surface area contributed by atoms with Gasteiger partial charge in [-0.1, -0.05) is 11.6 Å². The zero-order valence-electron chi connectivity index (χ0n) is 10.3. The number of nitrogens with two attached hydrogens (primary N) is 1. The Balaban J connectivity index is 2.13. The molecule has 1 aromatic rings. The maximum absolute atomic E-state index is 11.6. The monoisotopic (exact) mass is 268 g/mol. The fraction of sp³-hybridized carbons (Fsp3) is 0.462. The molecule has 1 heterocycles. The van der Waals surface area contributed by atoms with Gasteiger partial charge < -0.3 is 15.4 Å². The number of nitrogens with zero attached hydrogens (tertiary/aromatic N) is 1. The van der Waals surface area contributed by atoms with Gasteiger partial charge in [0, 0.05) is 29.8 Å². The third kappa shape index (κ3) is 2.94. The lowest BCUT2D eigenvalue weighted by molar-refractivity contribution is -0.145. The average Bonchev–Trinajstić information content (AvgIpc) is 2.38. The number of anilines is 1. The molecule has 0 radical (unpaired) electrons. The van der Waals surface area contributed by atoms with Crippen LogP contribution < -0.4 is 10.6 Å². The molecule has 5 heteroatoms. The highest BCUT2D eigenvalue weighted by Crippen LogP contribution is 2.24. The molecule has 0 spiro atoms. The fourth-order valence-electron chi connectivity index (χ4n) is 2.34. The summed E-state index contributed by atoms with van der Waals surface area (Å²) in [6.45, 7) is 1.39. The molecule has 0 amide bonds. The molecule has 1 aliphatic heterocycles. The molecule has 2 atom stereocenters. The van der Waals surface area contributed by atoms with Crippen molar-refractivity contribution in [2.24, 2.45) is 11.7 Å². The topological polar surface area (TPSA) is 55.6 Å². The van der Waals surface area contributed by atoms with E-state index in [-0.39, 0.29) is 17.9 Å². The summed E-state index contributed by atoms with van der Waals surface area (Å²) in [5, 5.41) is 0.699. The van der Waals surface area contributed by atoms with E-state index >= 15 is 0 Å². The van der Waals surface area contributed by atoms with Crippen molar-refractivity contribution >= 4 is 23.3 Å². The summed E-state index contributed by atoms with van der Waals surface area (Å²) in [7, 11) is 1.41. The summed E-state index contributed by atoms with van der Waals surface area (Å²) in [5.41, 5.74) is 7.03. The third-order valence-corrected chi connectivity index (χ3v) is 3.46. The summed E-state index contributed by atoms with van der Waals surface area (Å²) < 4.78 is 4.80. The number of methoxy groups -OCH3 is 1. The van der Waals surface area contributed by atoms with Gasteiger partial charge in [0.1, 0.15) is 0 Å². The molecular weight excluding hydrogens is 252 g/mol. The first kappa shape index (κ1) is 13.2. The first-order chi connectivity index (χ1) is 8.60. The van der Waals surface area contributed by atoms with Crippen LogP contribution in [0.5, 0.6) is 0 Å². The Bertz CT molecular complexity index is 422. The molecule has 2 rings (SSSR count). The minimum atomic E-state index is -0.191. The lowest BCUT2D eigenvalue weighted by atomic mass is 9.94. The van der Waals surface area contributed by atoms with Gasteiger partial charge in [0.2, 0.25) is 0 Å². The van der Waals surface area contributed by atoms with E-state index in [0.717, 1.165) is 12.2 Å². The number of carbonyl (C=O) groups is 1. The van der Waals surface area contributed by atoms with Crippen LogP contribution in [0.15, 0.2) is 24.3 Å². The molecule has 98 valence electrons. The first-order valence-electron chi connectivity index (χ1n) is 5.94. The Morgan fingerprint density at radius 1 is 1.39 bits per heavy atom. The minimum Gasteiger partial charge on any atom is -0.469 e. The maximum Gasteiger partial charge on any atom is 0.310 e. The molecule has 1 fully saturated rings. The molecular formula is C13H17ClN2O2. The number of carbonyl (C=O) groups excluding carboxylic acids is 1. The minimum absolute atomic E-state index is 0.0153. The normalized spacial score (nSPS) is 23.8. The summed E-state index contributed by atoms with van der Waals surface area (Å²) in [6.07, 6.45) is 0.677. The fourth-order valence-corrected chi connectivity index (χ4v) is 2.46. The highest BCUT2D eigenvalue weighted by Gasteiger charge is 2.30. The molecule has 18 heavy (non-hydrogen) atoms. The maximum atomic E-state index is 11.6. The van der Waals surface area contributed by atoms with Gasteiger partial charge in [0.15, 0.2) is 0 Å². The number of halogens is 1. The van der Waals surface area contributed by atoms with E-state index in [4.69, 9.17) is 22.1 Å². The quantitative estimate of drug-likeness (QED) is 0.829. The number of ether oxygens (including phenoxy) is 1. The van der Waals surface area contributed by atoms with Crippen molar-refractivity contribution < 1.29 is 9.53 Å². The molecule has 1 saturated heterocycles. The SMILES string of the molecule is COC(=O)C1CC(N)CN(c2ccc(Cl)cc2)C1. The van der Waals surface area contributed by atoms with Crippen molar-refractivity contribution in [3.8, 4) is 0 Å². The highest BCUT2D eigenvalue weighted by molar-refractivity contribution is 6.30. The standard InChI is InChI=1S/C13H17ClN2O2/c1-18-13(17)9-6-11(15)8-16(7-9)12-4-2-10(14)3-5-12/h2-5,9,11H,6-8,15H2,1H3. The molecule has 4 nitrogen and oxygen atoms in total. The van der Waals surface area contributed by atoms with E-state index in [1.54, 1.807) is 0 Å². The molecule has 0 aromatic heterocycles. The van der Waals surface area contributed by atoms with Gasteiger partial charge in [-0.05, 0) is 30.7 Å². The lowest BCUT2D eigenvalue weighted by Crippen LogP contribution is -2.49. The molecule has 2 N–H and O–H groups in total. The van der Waals surface area contributed by atoms with Gasteiger partial charge in [-0.25, -0.2) is 0 Å². The lowest BCUT2D eigenvalue weighted by Gasteiger charge is -2.36.